The summed E-state index contributed by atoms with van der Waals surface area (Å²) >= 11 is 6.25. The van der Waals surface area contributed by atoms with E-state index in [1.54, 1.807) is 36.4 Å². The van der Waals surface area contributed by atoms with Crippen molar-refractivity contribution >= 4 is 40.8 Å². The lowest BCUT2D eigenvalue weighted by molar-refractivity contribution is -0.120. The van der Waals surface area contributed by atoms with Crippen LogP contribution in [-0.2, 0) is 16.0 Å². The van der Waals surface area contributed by atoms with Crippen LogP contribution < -0.4 is 15.0 Å². The second-order valence-electron chi connectivity index (χ2n) is 7.93. The highest BCUT2D eigenvalue weighted by atomic mass is 35.5. The third-order valence-electron chi connectivity index (χ3n) is 5.63. The quantitative estimate of drug-likeness (QED) is 0.289. The van der Waals surface area contributed by atoms with Crippen LogP contribution in [0.25, 0.3) is 0 Å². The maximum absolute atomic E-state index is 13.1. The molecule has 0 aliphatic carbocycles. The van der Waals surface area contributed by atoms with Gasteiger partial charge in [0.1, 0.15) is 16.5 Å². The third kappa shape index (κ3) is 4.32. The number of amides is 2. The predicted octanol–water partition coefficient (Wildman–Crippen LogP) is 5.52. The van der Waals surface area contributed by atoms with Gasteiger partial charge in [-0.1, -0.05) is 54.9 Å². The van der Waals surface area contributed by atoms with E-state index in [0.717, 1.165) is 21.6 Å². The van der Waals surface area contributed by atoms with E-state index in [4.69, 9.17) is 16.3 Å². The van der Waals surface area contributed by atoms with E-state index in [-0.39, 0.29) is 10.7 Å². The van der Waals surface area contributed by atoms with Crippen LogP contribution in [0.15, 0.2) is 77.5 Å². The van der Waals surface area contributed by atoms with E-state index < -0.39 is 17.8 Å². The molecule has 0 bridgehead atoms. The highest BCUT2D eigenvalue weighted by Crippen LogP contribution is 2.32. The number of halogens is 1. The van der Waals surface area contributed by atoms with E-state index in [0.29, 0.717) is 29.1 Å². The molecule has 34 heavy (non-hydrogen) atoms. The second kappa shape index (κ2) is 9.53. The van der Waals surface area contributed by atoms with Crippen molar-refractivity contribution in [2.24, 2.45) is 0 Å². The van der Waals surface area contributed by atoms with Crippen molar-refractivity contribution in [2.45, 2.75) is 27.2 Å². The Balaban J connectivity index is 1.51. The first-order valence-corrected chi connectivity index (χ1v) is 11.2. The van der Waals surface area contributed by atoms with Crippen LogP contribution in [0.1, 0.15) is 34.0 Å². The largest absolute Gasteiger partial charge is 0.422 e. The Morgan fingerprint density at radius 1 is 0.912 bits per heavy atom. The van der Waals surface area contributed by atoms with Crippen LogP contribution in [0.4, 0.5) is 11.4 Å². The van der Waals surface area contributed by atoms with Crippen molar-refractivity contribution in [1.29, 1.82) is 0 Å². The van der Waals surface area contributed by atoms with Crippen molar-refractivity contribution in [1.82, 2.24) is 0 Å². The normalized spacial score (nSPS) is 13.5. The topological polar surface area (TPSA) is 75.7 Å². The first kappa shape index (κ1) is 23.3. The van der Waals surface area contributed by atoms with Gasteiger partial charge in [0.15, 0.2) is 0 Å². The number of ether oxygens (including phenoxy) is 1. The number of aryl methyl sites for hydroxylation is 3. The average Bonchev–Trinajstić information content (AvgIpc) is 3.04. The minimum atomic E-state index is -0.580. The number of hydrogen-bond acceptors (Lipinski definition) is 5. The van der Waals surface area contributed by atoms with Crippen LogP contribution in [0, 0.1) is 13.8 Å². The van der Waals surface area contributed by atoms with Gasteiger partial charge in [0.2, 0.25) is 0 Å². The fourth-order valence-corrected chi connectivity index (χ4v) is 4.02. The molecule has 1 aliphatic rings. The van der Waals surface area contributed by atoms with Crippen LogP contribution in [0.3, 0.4) is 0 Å². The monoisotopic (exact) mass is 474 g/mol. The number of nitrogens with one attached hydrogen (secondary N) is 1. The number of hydrogen-bond donors (Lipinski definition) is 1. The third-order valence-corrected chi connectivity index (χ3v) is 5.98. The molecule has 1 aliphatic heterocycles. The molecule has 3 aromatic carbocycles. The van der Waals surface area contributed by atoms with E-state index in [1.165, 1.54) is 0 Å². The molecule has 1 heterocycles. The van der Waals surface area contributed by atoms with Gasteiger partial charge < -0.3 is 10.1 Å². The first-order valence-electron chi connectivity index (χ1n) is 10.8. The molecule has 0 atom stereocenters. The molecule has 7 heteroatoms. The number of carbonyl (C=O) groups excluding carboxylic acids is 3. The van der Waals surface area contributed by atoms with Gasteiger partial charge in [0, 0.05) is 5.69 Å². The molecular weight excluding hydrogens is 452 g/mol. The molecule has 4 rings (SSSR count). The van der Waals surface area contributed by atoms with Crippen molar-refractivity contribution in [2.75, 3.05) is 10.2 Å². The minimum Gasteiger partial charge on any atom is -0.422 e. The van der Waals surface area contributed by atoms with Crippen molar-refractivity contribution in [3.8, 4) is 5.75 Å². The minimum absolute atomic E-state index is 0.0107. The summed E-state index contributed by atoms with van der Waals surface area (Å²) in [6.45, 7) is 5.70. The number of rotatable bonds is 6. The molecule has 0 spiro atoms. The first-order chi connectivity index (χ1) is 16.3. The van der Waals surface area contributed by atoms with Crippen LogP contribution in [0.5, 0.6) is 5.75 Å². The average molecular weight is 475 g/mol. The summed E-state index contributed by atoms with van der Waals surface area (Å²) in [5, 5.41) is 2.74. The molecule has 0 fully saturated rings. The van der Waals surface area contributed by atoms with E-state index in [1.807, 2.05) is 51.1 Å². The number of carbonyl (C=O) groups is 3. The molecule has 172 valence electrons. The lowest BCUT2D eigenvalue weighted by atomic mass is 10.1. The van der Waals surface area contributed by atoms with Crippen molar-refractivity contribution < 1.29 is 19.1 Å². The predicted molar refractivity (Wildman–Crippen MR) is 132 cm³/mol. The van der Waals surface area contributed by atoms with E-state index in [2.05, 4.69) is 5.32 Å². The zero-order valence-electron chi connectivity index (χ0n) is 19.0. The summed E-state index contributed by atoms with van der Waals surface area (Å²) in [5.74, 6) is -1.07. The Bertz CT molecular complexity index is 1310. The van der Waals surface area contributed by atoms with Gasteiger partial charge in [-0.2, -0.15) is 0 Å². The standard InChI is InChI=1S/C27H23ClN2O4/c1-4-18-10-5-6-11-21(18)30-25(31)22(28)23(26(30)32)29-20-14-12-19(13-15-20)27(33)34-24-16(2)8-7-9-17(24)3/h5-15,29H,4H2,1-3H3. The summed E-state index contributed by atoms with van der Waals surface area (Å²) in [6, 6.07) is 19.3. The number of imide groups is 1. The lowest BCUT2D eigenvalue weighted by Gasteiger charge is -2.18. The SMILES string of the molecule is CCc1ccccc1N1C(=O)C(Cl)=C(Nc2ccc(C(=O)Oc3c(C)cccc3C)cc2)C1=O. The van der Waals surface area contributed by atoms with Gasteiger partial charge >= 0.3 is 5.97 Å². The number of para-hydroxylation sites is 2. The molecule has 0 unspecified atom stereocenters. The number of nitrogens with zero attached hydrogens (tertiary/aromatic N) is 1. The maximum Gasteiger partial charge on any atom is 0.343 e. The summed E-state index contributed by atoms with van der Waals surface area (Å²) in [5.41, 5.74) is 3.95. The molecule has 1 N–H and O–H groups in total. The van der Waals surface area contributed by atoms with Gasteiger partial charge in [-0.15, -0.1) is 0 Å². The number of anilines is 2. The Kier molecular flexibility index (Phi) is 6.52. The van der Waals surface area contributed by atoms with E-state index in [9.17, 15) is 14.4 Å². The zero-order valence-corrected chi connectivity index (χ0v) is 19.8. The Labute approximate surface area is 202 Å². The second-order valence-corrected chi connectivity index (χ2v) is 8.31. The molecule has 3 aromatic rings. The van der Waals surface area contributed by atoms with Crippen molar-refractivity contribution in [3.63, 3.8) is 0 Å². The smallest absolute Gasteiger partial charge is 0.343 e. The Morgan fingerprint density at radius 3 is 2.21 bits per heavy atom. The maximum atomic E-state index is 13.1. The van der Waals surface area contributed by atoms with E-state index >= 15 is 0 Å². The summed E-state index contributed by atoms with van der Waals surface area (Å²) in [6.07, 6.45) is 0.660. The van der Waals surface area contributed by atoms with Crippen molar-refractivity contribution in [3.05, 3.63) is 99.7 Å². The molecule has 0 saturated heterocycles. The van der Waals surface area contributed by atoms with Gasteiger partial charge in [-0.3, -0.25) is 9.59 Å². The van der Waals surface area contributed by atoms with Gasteiger partial charge in [-0.05, 0) is 67.3 Å². The van der Waals surface area contributed by atoms with Crippen LogP contribution >= 0.6 is 11.6 Å². The fourth-order valence-electron chi connectivity index (χ4n) is 3.80. The molecule has 6 nitrogen and oxygen atoms in total. The number of esters is 1. The van der Waals surface area contributed by atoms with Gasteiger partial charge in [0.25, 0.3) is 11.8 Å². The zero-order chi connectivity index (χ0) is 24.4. The molecular formula is C27H23ClN2O4. The molecule has 2 amide bonds. The summed E-state index contributed by atoms with van der Waals surface area (Å²) in [7, 11) is 0. The highest BCUT2D eigenvalue weighted by molar-refractivity contribution is 6.53. The molecule has 0 saturated carbocycles. The van der Waals surface area contributed by atoms with Crippen LogP contribution in [-0.4, -0.2) is 17.8 Å². The Morgan fingerprint density at radius 2 is 1.56 bits per heavy atom. The van der Waals surface area contributed by atoms with Gasteiger partial charge in [0.05, 0.1) is 11.3 Å². The lowest BCUT2D eigenvalue weighted by Crippen LogP contribution is -2.33. The highest BCUT2D eigenvalue weighted by Gasteiger charge is 2.39. The van der Waals surface area contributed by atoms with Crippen LogP contribution in [0.2, 0.25) is 0 Å². The molecule has 0 aromatic heterocycles. The summed E-state index contributed by atoms with van der Waals surface area (Å²) in [4.78, 5) is 39.5. The summed E-state index contributed by atoms with van der Waals surface area (Å²) < 4.78 is 5.57. The Hall–Kier alpha value is -3.90. The van der Waals surface area contributed by atoms with Gasteiger partial charge in [-0.25, -0.2) is 9.69 Å². The fraction of sp³-hybridized carbons (Fsp3) is 0.148. The number of benzene rings is 3. The molecule has 0 radical (unpaired) electrons.